The highest BCUT2D eigenvalue weighted by Gasteiger charge is 2.30. The topological polar surface area (TPSA) is 86.8 Å². The number of nitrogens with zero attached hydrogens (tertiary/aromatic N) is 2. The first-order chi connectivity index (χ1) is 14.9. The van der Waals surface area contributed by atoms with Gasteiger partial charge in [-0.3, -0.25) is 13.9 Å². The first kappa shape index (κ1) is 25.3. The van der Waals surface area contributed by atoms with Gasteiger partial charge in [0.25, 0.3) is 0 Å². The molecule has 32 heavy (non-hydrogen) atoms. The van der Waals surface area contributed by atoms with E-state index in [0.29, 0.717) is 17.8 Å². The maximum Gasteiger partial charge on any atom is 0.244 e. The van der Waals surface area contributed by atoms with Crippen molar-refractivity contribution < 1.29 is 22.4 Å². The molecule has 0 radical (unpaired) electrons. The number of amides is 2. The second kappa shape index (κ2) is 10.6. The number of carbonyl (C=O) groups excluding carboxylic acids is 2. The second-order valence-electron chi connectivity index (χ2n) is 7.83. The molecule has 0 spiro atoms. The van der Waals surface area contributed by atoms with Gasteiger partial charge < -0.3 is 10.2 Å². The second-order valence-corrected chi connectivity index (χ2v) is 9.74. The van der Waals surface area contributed by atoms with Crippen LogP contribution in [0.4, 0.5) is 10.1 Å². The third-order valence-electron chi connectivity index (χ3n) is 4.96. The molecule has 2 amide bonds. The van der Waals surface area contributed by atoms with Gasteiger partial charge in [-0.15, -0.1) is 0 Å². The number of hydrogen-bond acceptors (Lipinski definition) is 4. The molecule has 2 rings (SSSR count). The number of benzene rings is 2. The number of halogens is 1. The van der Waals surface area contributed by atoms with Crippen molar-refractivity contribution in [1.82, 2.24) is 10.2 Å². The summed E-state index contributed by atoms with van der Waals surface area (Å²) in [6, 6.07) is 10.0. The zero-order valence-electron chi connectivity index (χ0n) is 19.1. The third-order valence-corrected chi connectivity index (χ3v) is 6.10. The summed E-state index contributed by atoms with van der Waals surface area (Å²) in [4.78, 5) is 27.1. The summed E-state index contributed by atoms with van der Waals surface area (Å²) >= 11 is 0. The molecule has 0 aliphatic carbocycles. The van der Waals surface area contributed by atoms with Gasteiger partial charge in [0.05, 0.1) is 11.9 Å². The number of aryl methyl sites for hydroxylation is 2. The van der Waals surface area contributed by atoms with Crippen LogP contribution < -0.4 is 9.62 Å². The van der Waals surface area contributed by atoms with Gasteiger partial charge in [-0.05, 0) is 68.7 Å². The standard InChI is InChI=1S/C23H30FN3O4S/c1-6-25-23(29)18(4)26(14-19-7-9-20(24)10-8-19)22(28)15-27(32(5,30)31)21-12-16(2)11-17(3)13-21/h7-13,18H,6,14-15H2,1-5H3,(H,25,29). The molecule has 0 aliphatic rings. The minimum atomic E-state index is -3.78. The Kier molecular flexibility index (Phi) is 8.38. The van der Waals surface area contributed by atoms with Gasteiger partial charge in [-0.1, -0.05) is 18.2 Å². The van der Waals surface area contributed by atoms with Crippen molar-refractivity contribution >= 4 is 27.5 Å². The minimum absolute atomic E-state index is 0.0296. The normalized spacial score (nSPS) is 12.2. The zero-order valence-corrected chi connectivity index (χ0v) is 19.9. The molecular formula is C23H30FN3O4S. The number of nitrogens with one attached hydrogen (secondary N) is 1. The predicted octanol–water partition coefficient (Wildman–Crippen LogP) is 2.76. The molecule has 9 heteroatoms. The fourth-order valence-electron chi connectivity index (χ4n) is 3.40. The Hall–Kier alpha value is -2.94. The van der Waals surface area contributed by atoms with Crippen LogP contribution in [0.15, 0.2) is 42.5 Å². The molecular weight excluding hydrogens is 433 g/mol. The van der Waals surface area contributed by atoms with E-state index in [-0.39, 0.29) is 12.5 Å². The average molecular weight is 464 g/mol. The summed E-state index contributed by atoms with van der Waals surface area (Å²) in [6.45, 7) is 6.98. The maximum atomic E-state index is 13.3. The monoisotopic (exact) mass is 463 g/mol. The molecule has 0 heterocycles. The highest BCUT2D eigenvalue weighted by atomic mass is 32.2. The molecule has 1 unspecified atom stereocenters. The number of hydrogen-bond donors (Lipinski definition) is 1. The van der Waals surface area contributed by atoms with Gasteiger partial charge in [0.1, 0.15) is 18.4 Å². The van der Waals surface area contributed by atoms with Crippen molar-refractivity contribution in [3.05, 3.63) is 65.0 Å². The van der Waals surface area contributed by atoms with Crippen molar-refractivity contribution in [3.8, 4) is 0 Å². The van der Waals surface area contributed by atoms with Gasteiger partial charge in [-0.2, -0.15) is 0 Å². The van der Waals surface area contributed by atoms with E-state index in [9.17, 15) is 22.4 Å². The van der Waals surface area contributed by atoms with Crippen LogP contribution in [0.3, 0.4) is 0 Å². The van der Waals surface area contributed by atoms with Gasteiger partial charge in [0.2, 0.25) is 21.8 Å². The molecule has 0 aliphatic heterocycles. The van der Waals surface area contributed by atoms with Crippen LogP contribution in [0, 0.1) is 19.7 Å². The fourth-order valence-corrected chi connectivity index (χ4v) is 4.23. The lowest BCUT2D eigenvalue weighted by Crippen LogP contribution is -2.51. The van der Waals surface area contributed by atoms with Crippen molar-refractivity contribution in [2.75, 3.05) is 23.7 Å². The Morgan fingerprint density at radius 1 is 1.06 bits per heavy atom. The van der Waals surface area contributed by atoms with E-state index in [2.05, 4.69) is 5.32 Å². The highest BCUT2D eigenvalue weighted by Crippen LogP contribution is 2.22. The van der Waals surface area contributed by atoms with E-state index < -0.39 is 34.3 Å². The Balaban J connectivity index is 2.40. The Bertz CT molecular complexity index is 1050. The largest absolute Gasteiger partial charge is 0.355 e. The number of sulfonamides is 1. The molecule has 0 saturated heterocycles. The SMILES string of the molecule is CCNC(=O)C(C)N(Cc1ccc(F)cc1)C(=O)CN(c1cc(C)cc(C)c1)S(C)(=O)=O. The maximum absolute atomic E-state index is 13.3. The summed E-state index contributed by atoms with van der Waals surface area (Å²) in [6.07, 6.45) is 1.04. The number of anilines is 1. The molecule has 2 aromatic rings. The smallest absolute Gasteiger partial charge is 0.244 e. The van der Waals surface area contributed by atoms with Crippen LogP contribution in [0.1, 0.15) is 30.5 Å². The van der Waals surface area contributed by atoms with E-state index in [1.54, 1.807) is 26.0 Å². The Morgan fingerprint density at radius 2 is 1.62 bits per heavy atom. The van der Waals surface area contributed by atoms with Gasteiger partial charge in [0, 0.05) is 13.1 Å². The minimum Gasteiger partial charge on any atom is -0.355 e. The molecule has 174 valence electrons. The van der Waals surface area contributed by atoms with Crippen molar-refractivity contribution in [3.63, 3.8) is 0 Å². The highest BCUT2D eigenvalue weighted by molar-refractivity contribution is 7.92. The Morgan fingerprint density at radius 3 is 2.12 bits per heavy atom. The zero-order chi connectivity index (χ0) is 24.1. The van der Waals surface area contributed by atoms with E-state index in [0.717, 1.165) is 21.7 Å². The van der Waals surface area contributed by atoms with Crippen molar-refractivity contribution in [1.29, 1.82) is 0 Å². The summed E-state index contributed by atoms with van der Waals surface area (Å²) in [5.74, 6) is -1.32. The Labute approximate surface area is 189 Å². The average Bonchev–Trinajstić information content (AvgIpc) is 2.69. The van der Waals surface area contributed by atoms with Crippen LogP contribution in [0.2, 0.25) is 0 Å². The molecule has 0 fully saturated rings. The first-order valence-corrected chi connectivity index (χ1v) is 12.1. The van der Waals surface area contributed by atoms with Crippen LogP contribution in [0.25, 0.3) is 0 Å². The van der Waals surface area contributed by atoms with E-state index in [4.69, 9.17) is 0 Å². The quantitative estimate of drug-likeness (QED) is 0.620. The van der Waals surface area contributed by atoms with Gasteiger partial charge >= 0.3 is 0 Å². The van der Waals surface area contributed by atoms with Crippen molar-refractivity contribution in [2.24, 2.45) is 0 Å². The predicted molar refractivity (Wildman–Crippen MR) is 123 cm³/mol. The van der Waals surface area contributed by atoms with E-state index in [1.165, 1.54) is 29.2 Å². The molecule has 1 atom stereocenters. The van der Waals surface area contributed by atoms with Crippen LogP contribution in [-0.4, -0.2) is 50.5 Å². The number of rotatable bonds is 9. The third kappa shape index (κ3) is 6.78. The summed E-state index contributed by atoms with van der Waals surface area (Å²) < 4.78 is 39.4. The van der Waals surface area contributed by atoms with Crippen molar-refractivity contribution in [2.45, 2.75) is 40.3 Å². The summed E-state index contributed by atoms with van der Waals surface area (Å²) in [7, 11) is -3.78. The molecule has 0 saturated carbocycles. The molecule has 2 aromatic carbocycles. The van der Waals surface area contributed by atoms with E-state index >= 15 is 0 Å². The van der Waals surface area contributed by atoms with Gasteiger partial charge in [-0.25, -0.2) is 12.8 Å². The number of carbonyl (C=O) groups is 2. The van der Waals surface area contributed by atoms with Crippen LogP contribution in [-0.2, 0) is 26.2 Å². The lowest BCUT2D eigenvalue weighted by atomic mass is 10.1. The lowest BCUT2D eigenvalue weighted by Gasteiger charge is -2.31. The van der Waals surface area contributed by atoms with Crippen LogP contribution >= 0.6 is 0 Å². The van der Waals surface area contributed by atoms with Gasteiger partial charge in [0.15, 0.2) is 0 Å². The molecule has 0 aromatic heterocycles. The molecule has 7 nitrogen and oxygen atoms in total. The summed E-state index contributed by atoms with van der Waals surface area (Å²) in [5.41, 5.74) is 2.72. The van der Waals surface area contributed by atoms with E-state index in [1.807, 2.05) is 19.9 Å². The van der Waals surface area contributed by atoms with Crippen LogP contribution in [0.5, 0.6) is 0 Å². The number of likely N-dealkylation sites (N-methyl/N-ethyl adjacent to an activating group) is 1. The molecule has 0 bridgehead atoms. The molecule has 1 N–H and O–H groups in total. The fraction of sp³-hybridized carbons (Fsp3) is 0.391. The lowest BCUT2D eigenvalue weighted by molar-refractivity contribution is -0.139. The first-order valence-electron chi connectivity index (χ1n) is 10.3. The summed E-state index contributed by atoms with van der Waals surface area (Å²) in [5, 5.41) is 2.68.